The van der Waals surface area contributed by atoms with Crippen LogP contribution in [0.2, 0.25) is 0 Å². The number of carbonyl (C=O) groups is 1. The van der Waals surface area contributed by atoms with Crippen LogP contribution in [0.1, 0.15) is 17.7 Å². The Morgan fingerprint density at radius 2 is 2.25 bits per heavy atom. The number of thiophene rings is 1. The lowest BCUT2D eigenvalue weighted by molar-refractivity contribution is -0.131. The van der Waals surface area contributed by atoms with Gasteiger partial charge in [0.2, 0.25) is 5.91 Å². The molecule has 2 atom stereocenters. The van der Waals surface area contributed by atoms with E-state index in [0.717, 1.165) is 52.2 Å². The first-order valence-electron chi connectivity index (χ1n) is 8.98. The maximum absolute atomic E-state index is 13.0. The standard InChI is InChI=1S/C18H26N2O3S/c21-17(19-6-3-16-2-1-9-24-16)18-12-20(10-14(18)11-23-13-18)15-4-7-22-8-5-15/h1-2,9,14-15H,3-8,10-13H2,(H,19,21)/t14-,18-/m1/s1. The highest BCUT2D eigenvalue weighted by Crippen LogP contribution is 2.43. The van der Waals surface area contributed by atoms with Crippen LogP contribution < -0.4 is 5.32 Å². The Morgan fingerprint density at radius 1 is 1.38 bits per heavy atom. The second-order valence-electron chi connectivity index (χ2n) is 7.23. The smallest absolute Gasteiger partial charge is 0.230 e. The van der Waals surface area contributed by atoms with Crippen molar-refractivity contribution in [3.05, 3.63) is 22.4 Å². The molecule has 3 aliphatic heterocycles. The molecular weight excluding hydrogens is 324 g/mol. The van der Waals surface area contributed by atoms with Crippen LogP contribution in [0, 0.1) is 11.3 Å². The molecule has 0 saturated carbocycles. The average molecular weight is 350 g/mol. The zero-order valence-electron chi connectivity index (χ0n) is 14.0. The van der Waals surface area contributed by atoms with Crippen LogP contribution in [0.4, 0.5) is 0 Å². The van der Waals surface area contributed by atoms with Crippen LogP contribution in [0.25, 0.3) is 0 Å². The Labute approximate surface area is 147 Å². The molecule has 0 spiro atoms. The number of fused-ring (bicyclic) bond motifs is 1. The molecule has 4 rings (SSSR count). The van der Waals surface area contributed by atoms with Gasteiger partial charge < -0.3 is 14.8 Å². The Hall–Kier alpha value is -0.950. The molecular formula is C18H26N2O3S. The van der Waals surface area contributed by atoms with Gasteiger partial charge in [-0.2, -0.15) is 0 Å². The van der Waals surface area contributed by atoms with E-state index in [-0.39, 0.29) is 11.3 Å². The van der Waals surface area contributed by atoms with Crippen molar-refractivity contribution >= 4 is 17.2 Å². The average Bonchev–Trinajstić information content (AvgIpc) is 3.31. The lowest BCUT2D eigenvalue weighted by Crippen LogP contribution is -2.48. The molecule has 4 heterocycles. The molecule has 0 unspecified atom stereocenters. The zero-order chi connectivity index (χ0) is 16.4. The molecule has 1 aromatic heterocycles. The second-order valence-corrected chi connectivity index (χ2v) is 8.26. The van der Waals surface area contributed by atoms with Gasteiger partial charge in [0.15, 0.2) is 0 Å². The lowest BCUT2D eigenvalue weighted by Gasteiger charge is -2.32. The monoisotopic (exact) mass is 350 g/mol. The second kappa shape index (κ2) is 7.12. The molecule has 3 saturated heterocycles. The van der Waals surface area contributed by atoms with Crippen molar-refractivity contribution in [2.24, 2.45) is 11.3 Å². The van der Waals surface area contributed by atoms with Crippen LogP contribution in [0.3, 0.4) is 0 Å². The van der Waals surface area contributed by atoms with E-state index in [0.29, 0.717) is 25.1 Å². The largest absolute Gasteiger partial charge is 0.381 e. The van der Waals surface area contributed by atoms with Gasteiger partial charge in [0, 0.05) is 49.7 Å². The van der Waals surface area contributed by atoms with Crippen molar-refractivity contribution < 1.29 is 14.3 Å². The first kappa shape index (κ1) is 16.5. The number of rotatable bonds is 5. The molecule has 5 nitrogen and oxygen atoms in total. The topological polar surface area (TPSA) is 50.8 Å². The first-order chi connectivity index (χ1) is 11.8. The Balaban J connectivity index is 1.37. The summed E-state index contributed by atoms with van der Waals surface area (Å²) < 4.78 is 11.2. The fourth-order valence-corrected chi connectivity index (χ4v) is 5.06. The van der Waals surface area contributed by atoms with Crippen molar-refractivity contribution in [2.75, 3.05) is 46.1 Å². The number of nitrogens with one attached hydrogen (secondary N) is 1. The maximum atomic E-state index is 13.0. The van der Waals surface area contributed by atoms with E-state index in [1.54, 1.807) is 11.3 Å². The minimum Gasteiger partial charge on any atom is -0.381 e. The maximum Gasteiger partial charge on any atom is 0.230 e. The van der Waals surface area contributed by atoms with Gasteiger partial charge in [-0.3, -0.25) is 9.69 Å². The highest BCUT2D eigenvalue weighted by atomic mass is 32.1. The zero-order valence-corrected chi connectivity index (χ0v) is 14.9. The Morgan fingerprint density at radius 3 is 3.04 bits per heavy atom. The van der Waals surface area contributed by atoms with Crippen LogP contribution in [-0.4, -0.2) is 62.9 Å². The normalized spacial score (nSPS) is 31.2. The van der Waals surface area contributed by atoms with Gasteiger partial charge in [-0.25, -0.2) is 0 Å². The molecule has 0 radical (unpaired) electrons. The van der Waals surface area contributed by atoms with Gasteiger partial charge in [-0.1, -0.05) is 6.07 Å². The predicted octanol–water partition coefficient (Wildman–Crippen LogP) is 1.53. The van der Waals surface area contributed by atoms with Crippen molar-refractivity contribution in [3.8, 4) is 0 Å². The summed E-state index contributed by atoms with van der Waals surface area (Å²) in [5, 5.41) is 5.27. The summed E-state index contributed by atoms with van der Waals surface area (Å²) >= 11 is 1.75. The summed E-state index contributed by atoms with van der Waals surface area (Å²) in [5.74, 6) is 0.526. The van der Waals surface area contributed by atoms with E-state index in [2.05, 4.69) is 27.7 Å². The third-order valence-corrected chi connectivity index (χ3v) is 6.73. The van der Waals surface area contributed by atoms with Crippen molar-refractivity contribution in [1.29, 1.82) is 0 Å². The Bertz CT molecular complexity index is 559. The molecule has 1 amide bonds. The van der Waals surface area contributed by atoms with Crippen molar-refractivity contribution in [3.63, 3.8) is 0 Å². The number of amides is 1. The molecule has 0 aliphatic carbocycles. The van der Waals surface area contributed by atoms with Crippen LogP contribution in [0.15, 0.2) is 17.5 Å². The van der Waals surface area contributed by atoms with Crippen molar-refractivity contribution in [2.45, 2.75) is 25.3 Å². The van der Waals surface area contributed by atoms with Crippen molar-refractivity contribution in [1.82, 2.24) is 10.2 Å². The quantitative estimate of drug-likeness (QED) is 0.875. The molecule has 3 fully saturated rings. The fourth-order valence-electron chi connectivity index (χ4n) is 4.35. The van der Waals surface area contributed by atoms with E-state index in [9.17, 15) is 4.79 Å². The summed E-state index contributed by atoms with van der Waals surface area (Å²) in [5.41, 5.74) is -0.340. The Kier molecular flexibility index (Phi) is 4.90. The third-order valence-electron chi connectivity index (χ3n) is 5.80. The van der Waals surface area contributed by atoms with E-state index < -0.39 is 0 Å². The summed E-state index contributed by atoms with van der Waals surface area (Å²) in [7, 11) is 0. The first-order valence-corrected chi connectivity index (χ1v) is 9.86. The minimum atomic E-state index is -0.340. The van der Waals surface area contributed by atoms with E-state index in [1.165, 1.54) is 4.88 Å². The minimum absolute atomic E-state index is 0.191. The molecule has 1 N–H and O–H groups in total. The summed E-state index contributed by atoms with van der Waals surface area (Å²) in [6.07, 6.45) is 3.09. The van der Waals surface area contributed by atoms with E-state index >= 15 is 0 Å². The highest BCUT2D eigenvalue weighted by molar-refractivity contribution is 7.09. The van der Waals surface area contributed by atoms with Gasteiger partial charge in [0.1, 0.15) is 0 Å². The number of ether oxygens (including phenoxy) is 2. The molecule has 1 aromatic rings. The number of carbonyl (C=O) groups excluding carboxylic acids is 1. The van der Waals surface area contributed by atoms with Gasteiger partial charge in [-0.05, 0) is 30.7 Å². The summed E-state index contributed by atoms with van der Waals surface area (Å²) in [6.45, 7) is 5.53. The van der Waals surface area contributed by atoms with Gasteiger partial charge in [-0.15, -0.1) is 11.3 Å². The van der Waals surface area contributed by atoms with E-state index in [4.69, 9.17) is 9.47 Å². The van der Waals surface area contributed by atoms with Crippen LogP contribution >= 0.6 is 11.3 Å². The summed E-state index contributed by atoms with van der Waals surface area (Å²) in [6, 6.07) is 4.75. The SMILES string of the molecule is O=C(NCCc1cccs1)[C@]12COC[C@H]1CN(C1CCOCC1)C2. The number of hydrogen-bond donors (Lipinski definition) is 1. The van der Waals surface area contributed by atoms with Crippen LogP contribution in [0.5, 0.6) is 0 Å². The molecule has 0 aromatic carbocycles. The number of likely N-dealkylation sites (tertiary alicyclic amines) is 1. The predicted molar refractivity (Wildman–Crippen MR) is 93.2 cm³/mol. The molecule has 132 valence electrons. The molecule has 3 aliphatic rings. The number of nitrogens with zero attached hydrogens (tertiary/aromatic N) is 1. The highest BCUT2D eigenvalue weighted by Gasteiger charge is 2.56. The summed E-state index contributed by atoms with van der Waals surface area (Å²) in [4.78, 5) is 16.8. The van der Waals surface area contributed by atoms with Gasteiger partial charge in [0.25, 0.3) is 0 Å². The number of hydrogen-bond acceptors (Lipinski definition) is 5. The molecule has 0 bridgehead atoms. The van der Waals surface area contributed by atoms with Crippen LogP contribution in [-0.2, 0) is 20.7 Å². The molecule has 24 heavy (non-hydrogen) atoms. The van der Waals surface area contributed by atoms with Gasteiger partial charge >= 0.3 is 0 Å². The lowest BCUT2D eigenvalue weighted by atomic mass is 9.80. The molecule has 6 heteroatoms. The van der Waals surface area contributed by atoms with E-state index in [1.807, 2.05) is 0 Å². The third kappa shape index (κ3) is 3.12. The van der Waals surface area contributed by atoms with Gasteiger partial charge in [0.05, 0.1) is 18.6 Å². The fraction of sp³-hybridized carbons (Fsp3) is 0.722.